The van der Waals surface area contributed by atoms with Crippen molar-refractivity contribution in [3.63, 3.8) is 0 Å². The number of hydrogen-bond donors (Lipinski definition) is 2. The summed E-state index contributed by atoms with van der Waals surface area (Å²) in [5.41, 5.74) is 0.349. The predicted molar refractivity (Wildman–Crippen MR) is 69.6 cm³/mol. The van der Waals surface area contributed by atoms with Crippen molar-refractivity contribution >= 4 is 23.4 Å². The molecule has 2 aromatic rings. The molecule has 0 saturated carbocycles. The van der Waals surface area contributed by atoms with E-state index in [1.807, 2.05) is 0 Å². The van der Waals surface area contributed by atoms with Crippen LogP contribution in [0.4, 0.5) is 17.5 Å². The Morgan fingerprint density at radius 1 is 1.50 bits per heavy atom. The molecule has 0 aliphatic heterocycles. The van der Waals surface area contributed by atoms with Gasteiger partial charge in [-0.1, -0.05) is 0 Å². The minimum atomic E-state index is -0.626. The predicted octanol–water partition coefficient (Wildman–Crippen LogP) is 1.58. The maximum atomic E-state index is 12.1. The van der Waals surface area contributed by atoms with Crippen LogP contribution in [0, 0.1) is 17.0 Å². The van der Waals surface area contributed by atoms with Crippen LogP contribution in [0.3, 0.4) is 0 Å². The second-order valence-electron chi connectivity index (χ2n) is 3.84. The van der Waals surface area contributed by atoms with Gasteiger partial charge in [0.15, 0.2) is 0 Å². The van der Waals surface area contributed by atoms with Gasteiger partial charge in [-0.2, -0.15) is 4.98 Å². The summed E-state index contributed by atoms with van der Waals surface area (Å²) in [5.74, 6) is -0.385. The Hall–Kier alpha value is -2.97. The molecular formula is C11H11N5O4. The van der Waals surface area contributed by atoms with Gasteiger partial charge in [0.25, 0.3) is 11.6 Å². The number of oxazole rings is 1. The van der Waals surface area contributed by atoms with Crippen LogP contribution in [0.25, 0.3) is 0 Å². The van der Waals surface area contributed by atoms with Crippen molar-refractivity contribution < 1.29 is 14.1 Å². The van der Waals surface area contributed by atoms with E-state index in [4.69, 9.17) is 4.42 Å². The van der Waals surface area contributed by atoms with Gasteiger partial charge in [0.2, 0.25) is 0 Å². The third-order valence-corrected chi connectivity index (χ3v) is 2.40. The van der Waals surface area contributed by atoms with Gasteiger partial charge in [-0.15, -0.1) is 0 Å². The highest BCUT2D eigenvalue weighted by molar-refractivity contribution is 6.06. The van der Waals surface area contributed by atoms with E-state index in [-0.39, 0.29) is 23.1 Å². The fourth-order valence-corrected chi connectivity index (χ4v) is 1.50. The van der Waals surface area contributed by atoms with Crippen molar-refractivity contribution in [3.8, 4) is 0 Å². The van der Waals surface area contributed by atoms with E-state index in [1.54, 1.807) is 14.0 Å². The van der Waals surface area contributed by atoms with Crippen LogP contribution >= 0.6 is 0 Å². The van der Waals surface area contributed by atoms with Crippen molar-refractivity contribution in [3.05, 3.63) is 39.9 Å². The van der Waals surface area contributed by atoms with Gasteiger partial charge in [-0.3, -0.25) is 20.2 Å². The van der Waals surface area contributed by atoms with E-state index in [1.165, 1.54) is 6.26 Å². The zero-order valence-corrected chi connectivity index (χ0v) is 10.7. The Bertz CT molecular complexity index is 667. The molecule has 0 atom stereocenters. The molecule has 0 unspecified atom stereocenters. The van der Waals surface area contributed by atoms with Crippen LogP contribution in [0.5, 0.6) is 0 Å². The standard InChI is InChI=1S/C11H11N5O4/c1-6-5-20-11(14-6)15-10(17)8-3-7(16(18)19)4-13-9(8)12-2/h3-5H,1-2H3,(H,12,13)(H,14,15,17). The van der Waals surface area contributed by atoms with Gasteiger partial charge in [0.05, 0.1) is 16.2 Å². The van der Waals surface area contributed by atoms with E-state index >= 15 is 0 Å². The van der Waals surface area contributed by atoms with Crippen LogP contribution in [-0.2, 0) is 0 Å². The van der Waals surface area contributed by atoms with Gasteiger partial charge in [0, 0.05) is 13.1 Å². The molecule has 2 heterocycles. The number of hydrogen-bond acceptors (Lipinski definition) is 7. The molecule has 104 valence electrons. The molecule has 0 fully saturated rings. The molecule has 0 radical (unpaired) electrons. The Morgan fingerprint density at radius 2 is 2.25 bits per heavy atom. The van der Waals surface area contributed by atoms with Gasteiger partial charge >= 0.3 is 6.01 Å². The minimum absolute atomic E-state index is 0.0149. The average molecular weight is 277 g/mol. The van der Waals surface area contributed by atoms with Crippen LogP contribution in [0.15, 0.2) is 22.9 Å². The molecule has 20 heavy (non-hydrogen) atoms. The maximum Gasteiger partial charge on any atom is 0.301 e. The fourth-order valence-electron chi connectivity index (χ4n) is 1.50. The molecular weight excluding hydrogens is 266 g/mol. The summed E-state index contributed by atoms with van der Waals surface area (Å²) in [6.07, 6.45) is 2.44. The van der Waals surface area contributed by atoms with Gasteiger partial charge < -0.3 is 9.73 Å². The molecule has 0 aliphatic carbocycles. The first-order chi connectivity index (χ1) is 9.51. The number of aryl methyl sites for hydroxylation is 1. The number of anilines is 2. The van der Waals surface area contributed by atoms with Gasteiger partial charge in [-0.05, 0) is 6.92 Å². The number of amides is 1. The van der Waals surface area contributed by atoms with Crippen LogP contribution in [0.1, 0.15) is 16.1 Å². The molecule has 0 aliphatic rings. The lowest BCUT2D eigenvalue weighted by atomic mass is 10.2. The number of aromatic nitrogens is 2. The van der Waals surface area contributed by atoms with E-state index in [0.717, 1.165) is 12.3 Å². The second kappa shape index (κ2) is 5.34. The zero-order chi connectivity index (χ0) is 14.7. The first-order valence-corrected chi connectivity index (χ1v) is 5.57. The molecule has 0 spiro atoms. The second-order valence-corrected chi connectivity index (χ2v) is 3.84. The monoisotopic (exact) mass is 277 g/mol. The Balaban J connectivity index is 2.32. The Morgan fingerprint density at radius 3 is 2.80 bits per heavy atom. The summed E-state index contributed by atoms with van der Waals surface area (Å²) < 4.78 is 4.99. The van der Waals surface area contributed by atoms with Gasteiger partial charge in [-0.25, -0.2) is 4.98 Å². The molecule has 2 rings (SSSR count). The van der Waals surface area contributed by atoms with E-state index < -0.39 is 10.8 Å². The summed E-state index contributed by atoms with van der Waals surface area (Å²) in [6.45, 7) is 1.70. The number of carbonyl (C=O) groups excluding carboxylic acids is 1. The number of pyridine rings is 1. The molecule has 0 bridgehead atoms. The Labute approximate surface area is 113 Å². The molecule has 2 aromatic heterocycles. The van der Waals surface area contributed by atoms with E-state index in [0.29, 0.717) is 5.69 Å². The summed E-state index contributed by atoms with van der Waals surface area (Å²) in [5, 5.41) is 15.8. The van der Waals surface area contributed by atoms with Crippen LogP contribution in [0.2, 0.25) is 0 Å². The molecule has 9 nitrogen and oxygen atoms in total. The summed E-state index contributed by atoms with van der Waals surface area (Å²) in [7, 11) is 1.56. The summed E-state index contributed by atoms with van der Waals surface area (Å²) >= 11 is 0. The maximum absolute atomic E-state index is 12.1. The quantitative estimate of drug-likeness (QED) is 0.642. The molecule has 0 aromatic carbocycles. The first kappa shape index (κ1) is 13.5. The van der Waals surface area contributed by atoms with Crippen molar-refractivity contribution in [2.24, 2.45) is 0 Å². The van der Waals surface area contributed by atoms with Crippen molar-refractivity contribution in [1.29, 1.82) is 0 Å². The lowest BCUT2D eigenvalue weighted by molar-refractivity contribution is -0.385. The minimum Gasteiger partial charge on any atom is -0.432 e. The summed E-state index contributed by atoms with van der Waals surface area (Å²) in [4.78, 5) is 29.9. The van der Waals surface area contributed by atoms with E-state index in [9.17, 15) is 14.9 Å². The van der Waals surface area contributed by atoms with E-state index in [2.05, 4.69) is 20.6 Å². The SMILES string of the molecule is CNc1ncc([N+](=O)[O-])cc1C(=O)Nc1nc(C)co1. The summed E-state index contributed by atoms with van der Waals surface area (Å²) in [6, 6.07) is 1.14. The highest BCUT2D eigenvalue weighted by Gasteiger charge is 2.19. The van der Waals surface area contributed by atoms with Gasteiger partial charge in [0.1, 0.15) is 18.3 Å². The number of nitrogens with zero attached hydrogens (tertiary/aromatic N) is 3. The van der Waals surface area contributed by atoms with Crippen LogP contribution in [-0.4, -0.2) is 27.8 Å². The number of rotatable bonds is 4. The first-order valence-electron chi connectivity index (χ1n) is 5.57. The normalized spacial score (nSPS) is 10.1. The number of nitrogens with one attached hydrogen (secondary N) is 2. The lowest BCUT2D eigenvalue weighted by Gasteiger charge is -2.06. The van der Waals surface area contributed by atoms with Crippen molar-refractivity contribution in [1.82, 2.24) is 9.97 Å². The average Bonchev–Trinajstić information content (AvgIpc) is 2.83. The molecule has 0 saturated heterocycles. The topological polar surface area (TPSA) is 123 Å². The molecule has 1 amide bonds. The third-order valence-electron chi connectivity index (χ3n) is 2.40. The highest BCUT2D eigenvalue weighted by atomic mass is 16.6. The number of carbonyl (C=O) groups is 1. The third kappa shape index (κ3) is 2.71. The zero-order valence-electron chi connectivity index (χ0n) is 10.7. The van der Waals surface area contributed by atoms with Crippen molar-refractivity contribution in [2.45, 2.75) is 6.92 Å². The lowest BCUT2D eigenvalue weighted by Crippen LogP contribution is -2.15. The largest absolute Gasteiger partial charge is 0.432 e. The fraction of sp³-hybridized carbons (Fsp3) is 0.182. The van der Waals surface area contributed by atoms with Crippen molar-refractivity contribution in [2.75, 3.05) is 17.7 Å². The molecule has 9 heteroatoms. The highest BCUT2D eigenvalue weighted by Crippen LogP contribution is 2.20. The van der Waals surface area contributed by atoms with Crippen LogP contribution < -0.4 is 10.6 Å². The molecule has 2 N–H and O–H groups in total. The smallest absolute Gasteiger partial charge is 0.301 e. The Kier molecular flexibility index (Phi) is 3.60. The number of nitro groups is 1.